The molecule has 1 aliphatic carbocycles. The number of sulfonamides is 1. The van der Waals surface area contributed by atoms with Crippen molar-refractivity contribution >= 4 is 26.9 Å². The van der Waals surface area contributed by atoms with Gasteiger partial charge in [0, 0.05) is 36.1 Å². The van der Waals surface area contributed by atoms with Gasteiger partial charge in [0.15, 0.2) is 0 Å². The largest absolute Gasteiger partial charge is 0.480 e. The SMILES string of the molecule is O=C(O)Cn1cc(C2CCN(S(=O)(=O)C3C=CC(OC(F)F)=CC3)C2)c2cc(F)ccc21. The van der Waals surface area contributed by atoms with Crippen LogP contribution >= 0.6 is 0 Å². The number of aliphatic carboxylic acids is 1. The van der Waals surface area contributed by atoms with Crippen LogP contribution in [0.5, 0.6) is 0 Å². The molecule has 0 radical (unpaired) electrons. The van der Waals surface area contributed by atoms with Crippen LogP contribution in [0.3, 0.4) is 0 Å². The number of rotatable bonds is 7. The third kappa shape index (κ3) is 4.40. The van der Waals surface area contributed by atoms with E-state index >= 15 is 0 Å². The molecule has 1 aliphatic heterocycles. The Balaban J connectivity index is 1.54. The molecule has 7 nitrogen and oxygen atoms in total. The van der Waals surface area contributed by atoms with Gasteiger partial charge in [0.05, 0.1) is 5.25 Å². The quantitative estimate of drug-likeness (QED) is 0.670. The van der Waals surface area contributed by atoms with Gasteiger partial charge in [0.25, 0.3) is 0 Å². The lowest BCUT2D eigenvalue weighted by Crippen LogP contribution is -2.36. The minimum absolute atomic E-state index is 0.0190. The second kappa shape index (κ2) is 8.62. The molecular weight excluding hydrogens is 449 g/mol. The number of nitrogens with zero attached hydrogens (tertiary/aromatic N) is 2. The summed E-state index contributed by atoms with van der Waals surface area (Å²) in [7, 11) is -3.74. The predicted octanol–water partition coefficient (Wildman–Crippen LogP) is 3.44. The highest BCUT2D eigenvalue weighted by molar-refractivity contribution is 7.89. The Morgan fingerprint density at radius 2 is 2.09 bits per heavy atom. The first-order valence-corrected chi connectivity index (χ1v) is 11.5. The lowest BCUT2D eigenvalue weighted by Gasteiger charge is -2.23. The van der Waals surface area contributed by atoms with Crippen LogP contribution in [0.25, 0.3) is 10.9 Å². The number of carbonyl (C=O) groups is 1. The van der Waals surface area contributed by atoms with Crippen molar-refractivity contribution in [3.05, 3.63) is 59.8 Å². The fourth-order valence-electron chi connectivity index (χ4n) is 4.30. The van der Waals surface area contributed by atoms with Crippen molar-refractivity contribution in [1.82, 2.24) is 8.87 Å². The average Bonchev–Trinajstić information content (AvgIpc) is 3.33. The Labute approximate surface area is 182 Å². The number of allylic oxidation sites excluding steroid dienone is 2. The molecule has 1 N–H and O–H groups in total. The number of aromatic nitrogens is 1. The summed E-state index contributed by atoms with van der Waals surface area (Å²) in [4.78, 5) is 11.2. The molecule has 0 saturated carbocycles. The van der Waals surface area contributed by atoms with Gasteiger partial charge in [-0.2, -0.15) is 8.78 Å². The van der Waals surface area contributed by atoms with Crippen molar-refractivity contribution < 1.29 is 36.2 Å². The molecule has 1 aromatic carbocycles. The number of hydrogen-bond acceptors (Lipinski definition) is 4. The summed E-state index contributed by atoms with van der Waals surface area (Å²) in [5.74, 6) is -1.81. The Bertz CT molecular complexity index is 1210. The Morgan fingerprint density at radius 3 is 2.75 bits per heavy atom. The van der Waals surface area contributed by atoms with Gasteiger partial charge in [-0.3, -0.25) is 4.79 Å². The third-order valence-electron chi connectivity index (χ3n) is 5.76. The van der Waals surface area contributed by atoms with Gasteiger partial charge in [-0.05, 0) is 48.8 Å². The summed E-state index contributed by atoms with van der Waals surface area (Å²) in [6, 6.07) is 4.10. The number of halogens is 3. The van der Waals surface area contributed by atoms with Gasteiger partial charge in [-0.1, -0.05) is 6.08 Å². The molecule has 0 spiro atoms. The van der Waals surface area contributed by atoms with Crippen LogP contribution in [0, 0.1) is 5.82 Å². The Hall–Kier alpha value is -2.79. The molecular formula is C21H21F3N2O5S. The van der Waals surface area contributed by atoms with E-state index in [9.17, 15) is 31.5 Å². The number of fused-ring (bicyclic) bond motifs is 1. The molecule has 1 aromatic heterocycles. The molecule has 11 heteroatoms. The Morgan fingerprint density at radius 1 is 1.31 bits per heavy atom. The number of alkyl halides is 2. The molecule has 172 valence electrons. The second-order valence-electron chi connectivity index (χ2n) is 7.77. The summed E-state index contributed by atoms with van der Waals surface area (Å²) in [5, 5.41) is 8.84. The molecule has 2 aromatic rings. The molecule has 2 atom stereocenters. The second-order valence-corrected chi connectivity index (χ2v) is 9.93. The van der Waals surface area contributed by atoms with Crippen LogP contribution in [0.4, 0.5) is 13.2 Å². The first kappa shape index (κ1) is 22.4. The molecule has 2 aliphatic rings. The van der Waals surface area contributed by atoms with Crippen LogP contribution in [0.2, 0.25) is 0 Å². The summed E-state index contributed by atoms with van der Waals surface area (Å²) < 4.78 is 71.9. The molecule has 2 unspecified atom stereocenters. The van der Waals surface area contributed by atoms with E-state index in [1.807, 2.05) is 0 Å². The number of ether oxygens (including phenoxy) is 1. The minimum atomic E-state index is -3.74. The zero-order valence-corrected chi connectivity index (χ0v) is 17.6. The van der Waals surface area contributed by atoms with E-state index in [0.717, 1.165) is 0 Å². The maximum atomic E-state index is 13.9. The van der Waals surface area contributed by atoms with E-state index in [4.69, 9.17) is 0 Å². The van der Waals surface area contributed by atoms with Crippen molar-refractivity contribution in [3.8, 4) is 0 Å². The summed E-state index contributed by atoms with van der Waals surface area (Å²) >= 11 is 0. The fraction of sp³-hybridized carbons (Fsp3) is 0.381. The van der Waals surface area contributed by atoms with E-state index in [1.54, 1.807) is 6.20 Å². The van der Waals surface area contributed by atoms with Gasteiger partial charge >= 0.3 is 12.6 Å². The number of carboxylic acid groups (broad SMARTS) is 1. The average molecular weight is 470 g/mol. The topological polar surface area (TPSA) is 88.8 Å². The molecule has 2 heterocycles. The highest BCUT2D eigenvalue weighted by Gasteiger charge is 2.37. The molecule has 32 heavy (non-hydrogen) atoms. The van der Waals surface area contributed by atoms with Crippen LogP contribution in [0.1, 0.15) is 24.3 Å². The molecule has 1 saturated heterocycles. The van der Waals surface area contributed by atoms with E-state index < -0.39 is 33.7 Å². The zero-order chi connectivity index (χ0) is 23.0. The third-order valence-corrected chi connectivity index (χ3v) is 7.93. The minimum Gasteiger partial charge on any atom is -0.480 e. The summed E-state index contributed by atoms with van der Waals surface area (Å²) in [5.41, 5.74) is 1.27. The summed E-state index contributed by atoms with van der Waals surface area (Å²) in [6.45, 7) is -2.85. The van der Waals surface area contributed by atoms with Crippen molar-refractivity contribution in [2.24, 2.45) is 0 Å². The lowest BCUT2D eigenvalue weighted by molar-refractivity contribution is -0.137. The van der Waals surface area contributed by atoms with Crippen LogP contribution in [-0.4, -0.2) is 53.3 Å². The van der Waals surface area contributed by atoms with Crippen LogP contribution in [-0.2, 0) is 26.1 Å². The Kier molecular flexibility index (Phi) is 6.04. The van der Waals surface area contributed by atoms with Gasteiger partial charge in [-0.15, -0.1) is 0 Å². The van der Waals surface area contributed by atoms with Gasteiger partial charge in [0.2, 0.25) is 10.0 Å². The van der Waals surface area contributed by atoms with Gasteiger partial charge in [-0.25, -0.2) is 17.1 Å². The number of benzene rings is 1. The van der Waals surface area contributed by atoms with Crippen LogP contribution < -0.4 is 0 Å². The van der Waals surface area contributed by atoms with Gasteiger partial charge in [0.1, 0.15) is 18.1 Å². The van der Waals surface area contributed by atoms with E-state index in [0.29, 0.717) is 22.9 Å². The van der Waals surface area contributed by atoms with E-state index in [2.05, 4.69) is 4.74 Å². The van der Waals surface area contributed by atoms with Crippen LogP contribution in [0.15, 0.2) is 48.4 Å². The molecule has 4 rings (SSSR count). The normalized spacial score (nSPS) is 21.9. The fourth-order valence-corrected chi connectivity index (χ4v) is 6.04. The maximum absolute atomic E-state index is 13.9. The first-order chi connectivity index (χ1) is 15.1. The van der Waals surface area contributed by atoms with E-state index in [1.165, 1.54) is 45.3 Å². The molecule has 1 fully saturated rings. The number of hydrogen-bond donors (Lipinski definition) is 1. The van der Waals surface area contributed by atoms with Crippen molar-refractivity contribution in [1.29, 1.82) is 0 Å². The lowest BCUT2D eigenvalue weighted by atomic mass is 9.98. The first-order valence-electron chi connectivity index (χ1n) is 9.97. The molecule has 0 amide bonds. The maximum Gasteiger partial charge on any atom is 0.387 e. The number of carboxylic acids is 1. The van der Waals surface area contributed by atoms with Crippen molar-refractivity contribution in [2.75, 3.05) is 13.1 Å². The molecule has 0 bridgehead atoms. The van der Waals surface area contributed by atoms with E-state index in [-0.39, 0.29) is 37.7 Å². The highest BCUT2D eigenvalue weighted by Crippen LogP contribution is 2.36. The monoisotopic (exact) mass is 470 g/mol. The smallest absolute Gasteiger partial charge is 0.387 e. The standard InChI is InChI=1S/C21H21F3N2O5S/c22-14-1-6-19-17(9-14)18(11-25(19)12-20(27)28)13-7-8-26(10-13)32(29,30)16-4-2-15(3-5-16)31-21(23)24/h1-4,6,9,11,13,16,21H,5,7-8,10,12H2,(H,27,28). The predicted molar refractivity (Wildman–Crippen MR) is 110 cm³/mol. The summed E-state index contributed by atoms with van der Waals surface area (Å²) in [6.07, 6.45) is 6.06. The van der Waals surface area contributed by atoms with Crippen molar-refractivity contribution in [3.63, 3.8) is 0 Å². The zero-order valence-electron chi connectivity index (χ0n) is 16.8. The van der Waals surface area contributed by atoms with Crippen molar-refractivity contribution in [2.45, 2.75) is 37.2 Å². The van der Waals surface area contributed by atoms with Gasteiger partial charge < -0.3 is 14.4 Å². The highest BCUT2D eigenvalue weighted by atomic mass is 32.2.